The predicted octanol–water partition coefficient (Wildman–Crippen LogP) is 4.93. The zero-order valence-electron chi connectivity index (χ0n) is 15.7. The number of ether oxygens (including phenoxy) is 1. The van der Waals surface area contributed by atoms with Gasteiger partial charge in [0.05, 0.1) is 12.5 Å². The molecule has 3 aromatic carbocycles. The Labute approximate surface area is 165 Å². The summed E-state index contributed by atoms with van der Waals surface area (Å²) in [4.78, 5) is 12.9. The fourth-order valence-electron chi connectivity index (χ4n) is 3.05. The van der Waals surface area contributed by atoms with Gasteiger partial charge in [0.2, 0.25) is 5.91 Å². The van der Waals surface area contributed by atoms with Crippen molar-refractivity contribution >= 4 is 5.91 Å². The van der Waals surface area contributed by atoms with E-state index in [1.165, 1.54) is 12.1 Å². The molecule has 144 valence electrons. The third-order valence-corrected chi connectivity index (χ3v) is 4.48. The molecule has 0 atom stereocenters. The van der Waals surface area contributed by atoms with Gasteiger partial charge in [0.25, 0.3) is 0 Å². The number of amides is 1. The summed E-state index contributed by atoms with van der Waals surface area (Å²) < 4.78 is 18.4. The van der Waals surface area contributed by atoms with Crippen LogP contribution in [0.25, 0.3) is 0 Å². The maximum atomic E-state index is 12.9. The molecule has 0 aliphatic carbocycles. The van der Waals surface area contributed by atoms with Crippen LogP contribution in [-0.2, 0) is 4.79 Å². The van der Waals surface area contributed by atoms with Crippen molar-refractivity contribution in [3.05, 3.63) is 102 Å². The van der Waals surface area contributed by atoms with Crippen LogP contribution in [0.4, 0.5) is 4.39 Å². The summed E-state index contributed by atoms with van der Waals surface area (Å²) in [5.41, 5.74) is 1.96. The summed E-state index contributed by atoms with van der Waals surface area (Å²) >= 11 is 0. The Hall–Kier alpha value is -3.14. The first-order valence-electron chi connectivity index (χ1n) is 9.50. The Kier molecular flexibility index (Phi) is 7.19. The van der Waals surface area contributed by atoms with E-state index in [4.69, 9.17) is 4.74 Å². The van der Waals surface area contributed by atoms with Gasteiger partial charge < -0.3 is 10.1 Å². The minimum atomic E-state index is -0.321. The van der Waals surface area contributed by atoms with Crippen molar-refractivity contribution in [2.24, 2.45) is 0 Å². The quantitative estimate of drug-likeness (QED) is 0.537. The zero-order chi connectivity index (χ0) is 19.6. The molecule has 0 spiro atoms. The van der Waals surface area contributed by atoms with Crippen molar-refractivity contribution < 1.29 is 13.9 Å². The molecule has 0 aromatic heterocycles. The Morgan fingerprint density at radius 1 is 0.821 bits per heavy atom. The summed E-state index contributed by atoms with van der Waals surface area (Å²) in [6.07, 6.45) is 1.61. The van der Waals surface area contributed by atoms with Crippen molar-refractivity contribution in [1.29, 1.82) is 0 Å². The monoisotopic (exact) mass is 377 g/mol. The third kappa shape index (κ3) is 5.68. The number of benzene rings is 3. The van der Waals surface area contributed by atoms with Crippen LogP contribution in [0.2, 0.25) is 0 Å². The molecule has 3 rings (SSSR count). The standard InChI is InChI=1S/C24H24FNO2/c25-21-13-15-22(16-14-21)28-18-8-7-17-26-24(27)23(19-9-3-1-4-10-19)20-11-5-2-6-12-20/h1-6,9-16,23H,7-8,17-18H2,(H,26,27). The van der Waals surface area contributed by atoms with Gasteiger partial charge in [0, 0.05) is 6.54 Å². The van der Waals surface area contributed by atoms with Gasteiger partial charge in [-0.1, -0.05) is 60.7 Å². The van der Waals surface area contributed by atoms with Crippen molar-refractivity contribution in [2.45, 2.75) is 18.8 Å². The molecular weight excluding hydrogens is 353 g/mol. The topological polar surface area (TPSA) is 38.3 Å². The molecule has 0 radical (unpaired) electrons. The molecule has 3 aromatic rings. The molecule has 0 unspecified atom stereocenters. The minimum Gasteiger partial charge on any atom is -0.494 e. The highest BCUT2D eigenvalue weighted by molar-refractivity contribution is 5.87. The average molecular weight is 377 g/mol. The number of unbranched alkanes of at least 4 members (excludes halogenated alkanes) is 1. The molecule has 28 heavy (non-hydrogen) atoms. The lowest BCUT2D eigenvalue weighted by molar-refractivity contribution is -0.121. The SMILES string of the molecule is O=C(NCCCCOc1ccc(F)cc1)C(c1ccccc1)c1ccccc1. The summed E-state index contributed by atoms with van der Waals surface area (Å²) in [6.45, 7) is 1.12. The molecule has 0 saturated heterocycles. The van der Waals surface area contributed by atoms with Gasteiger partial charge >= 0.3 is 0 Å². The van der Waals surface area contributed by atoms with Crippen LogP contribution in [0, 0.1) is 5.82 Å². The molecule has 0 aliphatic heterocycles. The average Bonchev–Trinajstić information content (AvgIpc) is 2.74. The summed E-state index contributed by atoms with van der Waals surface area (Å²) in [7, 11) is 0. The van der Waals surface area contributed by atoms with Gasteiger partial charge in [0.15, 0.2) is 0 Å². The molecule has 0 fully saturated rings. The van der Waals surface area contributed by atoms with E-state index in [1.807, 2.05) is 60.7 Å². The lowest BCUT2D eigenvalue weighted by Crippen LogP contribution is -2.31. The molecule has 0 aliphatic rings. The van der Waals surface area contributed by atoms with E-state index in [0.29, 0.717) is 18.9 Å². The van der Waals surface area contributed by atoms with Crippen LogP contribution in [-0.4, -0.2) is 19.1 Å². The molecule has 4 heteroatoms. The summed E-state index contributed by atoms with van der Waals surface area (Å²) in [6, 6.07) is 25.6. The first-order chi connectivity index (χ1) is 13.7. The van der Waals surface area contributed by atoms with E-state index in [0.717, 1.165) is 24.0 Å². The van der Waals surface area contributed by atoms with Crippen molar-refractivity contribution in [3.8, 4) is 5.75 Å². The van der Waals surface area contributed by atoms with E-state index in [-0.39, 0.29) is 17.6 Å². The van der Waals surface area contributed by atoms with Gasteiger partial charge in [-0.3, -0.25) is 4.79 Å². The minimum absolute atomic E-state index is 0.00291. The maximum absolute atomic E-state index is 12.9. The zero-order valence-corrected chi connectivity index (χ0v) is 15.7. The van der Waals surface area contributed by atoms with Crippen LogP contribution in [0.1, 0.15) is 29.9 Å². The van der Waals surface area contributed by atoms with Gasteiger partial charge in [-0.05, 0) is 48.2 Å². The van der Waals surface area contributed by atoms with E-state index in [1.54, 1.807) is 12.1 Å². The first-order valence-corrected chi connectivity index (χ1v) is 9.50. The molecule has 0 bridgehead atoms. The number of hydrogen-bond acceptors (Lipinski definition) is 2. The molecule has 3 nitrogen and oxygen atoms in total. The fraction of sp³-hybridized carbons (Fsp3) is 0.208. The Bertz CT molecular complexity index is 811. The van der Waals surface area contributed by atoms with E-state index >= 15 is 0 Å². The maximum Gasteiger partial charge on any atom is 0.232 e. The van der Waals surface area contributed by atoms with Crippen LogP contribution in [0.3, 0.4) is 0 Å². The lowest BCUT2D eigenvalue weighted by atomic mass is 9.90. The van der Waals surface area contributed by atoms with Crippen LogP contribution >= 0.6 is 0 Å². The van der Waals surface area contributed by atoms with Crippen molar-refractivity contribution in [1.82, 2.24) is 5.32 Å². The second-order valence-corrected chi connectivity index (χ2v) is 6.55. The first kappa shape index (κ1) is 19.6. The number of carbonyl (C=O) groups excluding carboxylic acids is 1. The van der Waals surface area contributed by atoms with Crippen LogP contribution in [0.5, 0.6) is 5.75 Å². The van der Waals surface area contributed by atoms with E-state index in [2.05, 4.69) is 5.32 Å². The number of nitrogens with one attached hydrogen (secondary N) is 1. The number of rotatable bonds is 9. The third-order valence-electron chi connectivity index (χ3n) is 4.48. The van der Waals surface area contributed by atoms with Crippen molar-refractivity contribution in [2.75, 3.05) is 13.2 Å². The molecule has 1 N–H and O–H groups in total. The molecule has 1 amide bonds. The second-order valence-electron chi connectivity index (χ2n) is 6.55. The molecular formula is C24H24FNO2. The van der Waals surface area contributed by atoms with Gasteiger partial charge in [-0.25, -0.2) is 4.39 Å². The largest absolute Gasteiger partial charge is 0.494 e. The number of hydrogen-bond donors (Lipinski definition) is 1. The Morgan fingerprint density at radius 3 is 1.96 bits per heavy atom. The lowest BCUT2D eigenvalue weighted by Gasteiger charge is -2.18. The normalized spacial score (nSPS) is 10.6. The molecule has 0 heterocycles. The van der Waals surface area contributed by atoms with Crippen molar-refractivity contribution in [3.63, 3.8) is 0 Å². The highest BCUT2D eigenvalue weighted by Crippen LogP contribution is 2.24. The van der Waals surface area contributed by atoms with Crippen LogP contribution in [0.15, 0.2) is 84.9 Å². The van der Waals surface area contributed by atoms with Gasteiger partial charge in [-0.15, -0.1) is 0 Å². The second kappa shape index (κ2) is 10.3. The molecule has 0 saturated carbocycles. The highest BCUT2D eigenvalue weighted by Gasteiger charge is 2.21. The summed E-state index contributed by atoms with van der Waals surface area (Å²) in [5, 5.41) is 3.04. The highest BCUT2D eigenvalue weighted by atomic mass is 19.1. The predicted molar refractivity (Wildman–Crippen MR) is 109 cm³/mol. The summed E-state index contributed by atoms with van der Waals surface area (Å²) in [5.74, 6) is 0.0508. The Balaban J connectivity index is 1.48. The van der Waals surface area contributed by atoms with Crippen LogP contribution < -0.4 is 10.1 Å². The number of halogens is 1. The number of carbonyl (C=O) groups is 1. The van der Waals surface area contributed by atoms with Gasteiger partial charge in [-0.2, -0.15) is 0 Å². The fourth-order valence-corrected chi connectivity index (χ4v) is 3.05. The Morgan fingerprint density at radius 2 is 1.39 bits per heavy atom. The van der Waals surface area contributed by atoms with E-state index < -0.39 is 0 Å². The van der Waals surface area contributed by atoms with E-state index in [9.17, 15) is 9.18 Å². The smallest absolute Gasteiger partial charge is 0.232 e. The van der Waals surface area contributed by atoms with Gasteiger partial charge in [0.1, 0.15) is 11.6 Å².